The number of hydrogen-bond acceptors (Lipinski definition) is 2. The minimum absolute atomic E-state index is 0.600. The maximum Gasteiger partial charge on any atom is 0.181 e. The summed E-state index contributed by atoms with van der Waals surface area (Å²) in [6.45, 7) is 0. The zero-order valence-corrected chi connectivity index (χ0v) is 10.4. The number of nitrogens with zero attached hydrogens (tertiary/aromatic N) is 3. The molecule has 4 heteroatoms. The summed E-state index contributed by atoms with van der Waals surface area (Å²) in [6.07, 6.45) is 4.32. The molecule has 3 rings (SSSR count). The van der Waals surface area contributed by atoms with Crippen molar-refractivity contribution < 1.29 is 0 Å². The second-order valence-corrected chi connectivity index (χ2v) is 4.67. The molecule has 0 atom stereocenters. The molecule has 1 aliphatic carbocycles. The van der Waals surface area contributed by atoms with Crippen molar-refractivity contribution in [2.45, 2.75) is 24.2 Å². The lowest BCUT2D eigenvalue weighted by Crippen LogP contribution is -1.93. The Hall–Kier alpha value is -1.16. The fraction of sp³-hybridized carbons (Fsp3) is 0.333. The number of halogens is 1. The van der Waals surface area contributed by atoms with Crippen LogP contribution in [-0.4, -0.2) is 14.8 Å². The van der Waals surface area contributed by atoms with Crippen LogP contribution < -0.4 is 0 Å². The summed E-state index contributed by atoms with van der Waals surface area (Å²) < 4.78 is 1.98. The van der Waals surface area contributed by atoms with Crippen LogP contribution in [0, 0.1) is 0 Å². The number of benzene rings is 1. The van der Waals surface area contributed by atoms with Gasteiger partial charge in [-0.25, -0.2) is 9.67 Å². The molecule has 0 amide bonds. The monoisotopic (exact) mass is 277 g/mol. The van der Waals surface area contributed by atoms with Gasteiger partial charge in [-0.15, -0.1) is 0 Å². The quantitative estimate of drug-likeness (QED) is 0.807. The maximum absolute atomic E-state index is 4.49. The second-order valence-electron chi connectivity index (χ2n) is 4.11. The lowest BCUT2D eigenvalue weighted by Gasteiger charge is -1.98. The van der Waals surface area contributed by atoms with Crippen molar-refractivity contribution in [3.63, 3.8) is 0 Å². The SMILES string of the molecule is BrCc1ccc(-c2ncn(C3CC3)n2)cc1. The Kier molecular flexibility index (Phi) is 2.52. The molecule has 0 bridgehead atoms. The molecule has 82 valence electrons. The Labute approximate surface area is 103 Å². The molecule has 1 saturated carbocycles. The van der Waals surface area contributed by atoms with Gasteiger partial charge in [0.2, 0.25) is 0 Å². The highest BCUT2D eigenvalue weighted by molar-refractivity contribution is 9.08. The van der Waals surface area contributed by atoms with Gasteiger partial charge in [-0.2, -0.15) is 5.10 Å². The van der Waals surface area contributed by atoms with Crippen LogP contribution in [0.1, 0.15) is 24.4 Å². The van der Waals surface area contributed by atoms with Crippen molar-refractivity contribution in [3.05, 3.63) is 36.2 Å². The Morgan fingerprint density at radius 2 is 2.00 bits per heavy atom. The van der Waals surface area contributed by atoms with E-state index in [9.17, 15) is 0 Å². The summed E-state index contributed by atoms with van der Waals surface area (Å²) in [7, 11) is 0. The minimum atomic E-state index is 0.600. The Morgan fingerprint density at radius 1 is 1.25 bits per heavy atom. The van der Waals surface area contributed by atoms with E-state index >= 15 is 0 Å². The van der Waals surface area contributed by atoms with Crippen LogP contribution in [0.4, 0.5) is 0 Å². The summed E-state index contributed by atoms with van der Waals surface area (Å²) >= 11 is 3.43. The minimum Gasteiger partial charge on any atom is -0.249 e. The van der Waals surface area contributed by atoms with E-state index in [1.54, 1.807) is 0 Å². The van der Waals surface area contributed by atoms with Crippen molar-refractivity contribution in [1.29, 1.82) is 0 Å². The van der Waals surface area contributed by atoms with Gasteiger partial charge in [0.1, 0.15) is 6.33 Å². The van der Waals surface area contributed by atoms with Gasteiger partial charge >= 0.3 is 0 Å². The van der Waals surface area contributed by atoms with Crippen LogP contribution in [0.2, 0.25) is 0 Å². The van der Waals surface area contributed by atoms with Gasteiger partial charge in [-0.05, 0) is 18.4 Å². The highest BCUT2D eigenvalue weighted by Crippen LogP contribution is 2.34. The molecule has 1 aromatic carbocycles. The Balaban J connectivity index is 1.88. The summed E-state index contributed by atoms with van der Waals surface area (Å²) in [4.78, 5) is 4.34. The first-order valence-electron chi connectivity index (χ1n) is 5.43. The van der Waals surface area contributed by atoms with Gasteiger partial charge in [0.15, 0.2) is 5.82 Å². The molecule has 1 aliphatic rings. The highest BCUT2D eigenvalue weighted by atomic mass is 79.9. The summed E-state index contributed by atoms with van der Waals surface area (Å²) in [5.74, 6) is 0.827. The predicted octanol–water partition coefficient (Wildman–Crippen LogP) is 3.17. The summed E-state index contributed by atoms with van der Waals surface area (Å²) in [6, 6.07) is 8.94. The third-order valence-electron chi connectivity index (χ3n) is 2.80. The van der Waals surface area contributed by atoms with Gasteiger partial charge in [0.05, 0.1) is 6.04 Å². The zero-order valence-electron chi connectivity index (χ0n) is 8.81. The fourth-order valence-corrected chi connectivity index (χ4v) is 2.04. The topological polar surface area (TPSA) is 30.7 Å². The van der Waals surface area contributed by atoms with Crippen molar-refractivity contribution in [1.82, 2.24) is 14.8 Å². The van der Waals surface area contributed by atoms with Gasteiger partial charge in [-0.3, -0.25) is 0 Å². The maximum atomic E-state index is 4.49. The number of aromatic nitrogens is 3. The van der Waals surface area contributed by atoms with Gasteiger partial charge < -0.3 is 0 Å². The van der Waals surface area contributed by atoms with E-state index in [4.69, 9.17) is 0 Å². The molecule has 0 unspecified atom stereocenters. The fourth-order valence-electron chi connectivity index (χ4n) is 1.67. The van der Waals surface area contributed by atoms with Crippen molar-refractivity contribution in [2.75, 3.05) is 0 Å². The Morgan fingerprint density at radius 3 is 2.62 bits per heavy atom. The first-order chi connectivity index (χ1) is 7.86. The van der Waals surface area contributed by atoms with Crippen LogP contribution in [0.15, 0.2) is 30.6 Å². The predicted molar refractivity (Wildman–Crippen MR) is 66.4 cm³/mol. The lowest BCUT2D eigenvalue weighted by atomic mass is 10.1. The smallest absolute Gasteiger partial charge is 0.181 e. The number of rotatable bonds is 3. The van der Waals surface area contributed by atoms with E-state index < -0.39 is 0 Å². The molecular weight excluding hydrogens is 266 g/mol. The normalized spacial score (nSPS) is 15.3. The number of hydrogen-bond donors (Lipinski definition) is 0. The summed E-state index contributed by atoms with van der Waals surface area (Å²) in [5.41, 5.74) is 2.36. The summed E-state index contributed by atoms with van der Waals surface area (Å²) in [5, 5.41) is 5.38. The molecule has 0 N–H and O–H groups in total. The molecule has 3 nitrogen and oxygen atoms in total. The third kappa shape index (κ3) is 1.89. The lowest BCUT2D eigenvalue weighted by molar-refractivity contribution is 0.641. The highest BCUT2D eigenvalue weighted by Gasteiger charge is 2.24. The molecule has 0 aliphatic heterocycles. The molecule has 0 radical (unpaired) electrons. The molecule has 2 aromatic rings. The molecule has 1 aromatic heterocycles. The first kappa shape index (κ1) is 10.0. The van der Waals surface area contributed by atoms with Crippen LogP contribution in [0.5, 0.6) is 0 Å². The average Bonchev–Trinajstić information content (AvgIpc) is 3.08. The van der Waals surface area contributed by atoms with Gasteiger partial charge in [0, 0.05) is 10.9 Å². The molecule has 1 fully saturated rings. The van der Waals surface area contributed by atoms with E-state index in [0.29, 0.717) is 6.04 Å². The molecular formula is C12H12BrN3. The van der Waals surface area contributed by atoms with Crippen molar-refractivity contribution in [3.8, 4) is 11.4 Å². The molecule has 0 spiro atoms. The van der Waals surface area contributed by atoms with E-state index in [0.717, 1.165) is 16.7 Å². The van der Waals surface area contributed by atoms with Crippen LogP contribution in [0.3, 0.4) is 0 Å². The first-order valence-corrected chi connectivity index (χ1v) is 6.55. The standard InChI is InChI=1S/C12H12BrN3/c13-7-9-1-3-10(4-2-9)12-14-8-16(15-12)11-5-6-11/h1-4,8,11H,5-7H2. The molecule has 1 heterocycles. The Bertz CT molecular complexity index is 485. The van der Waals surface area contributed by atoms with Crippen molar-refractivity contribution in [2.24, 2.45) is 0 Å². The largest absolute Gasteiger partial charge is 0.249 e. The molecule has 16 heavy (non-hydrogen) atoms. The third-order valence-corrected chi connectivity index (χ3v) is 3.44. The van der Waals surface area contributed by atoms with Crippen LogP contribution in [0.25, 0.3) is 11.4 Å². The van der Waals surface area contributed by atoms with Crippen molar-refractivity contribution >= 4 is 15.9 Å². The van der Waals surface area contributed by atoms with Crippen LogP contribution >= 0.6 is 15.9 Å². The van der Waals surface area contributed by atoms with E-state index in [-0.39, 0.29) is 0 Å². The molecule has 0 saturated heterocycles. The van der Waals surface area contributed by atoms with Gasteiger partial charge in [0.25, 0.3) is 0 Å². The van der Waals surface area contributed by atoms with E-state index in [2.05, 4.69) is 50.3 Å². The zero-order chi connectivity index (χ0) is 11.0. The second kappa shape index (κ2) is 4.01. The van der Waals surface area contributed by atoms with E-state index in [1.807, 2.05) is 11.0 Å². The average molecular weight is 278 g/mol. The van der Waals surface area contributed by atoms with Crippen LogP contribution in [-0.2, 0) is 5.33 Å². The van der Waals surface area contributed by atoms with E-state index in [1.165, 1.54) is 18.4 Å². The number of alkyl halides is 1. The van der Waals surface area contributed by atoms with Gasteiger partial charge in [-0.1, -0.05) is 40.2 Å².